The maximum Gasteiger partial charge on any atom is 0.406 e. The second kappa shape index (κ2) is 13.8. The van der Waals surface area contributed by atoms with Crippen LogP contribution in [0.3, 0.4) is 0 Å². The monoisotopic (exact) mass is 630 g/mol. The van der Waals surface area contributed by atoms with Crippen molar-refractivity contribution in [2.75, 3.05) is 58.3 Å². The van der Waals surface area contributed by atoms with Crippen molar-refractivity contribution in [1.82, 2.24) is 25.3 Å². The molecule has 0 aromatic heterocycles. The third kappa shape index (κ3) is 8.87. The number of alkyl halides is 3. The van der Waals surface area contributed by atoms with Crippen molar-refractivity contribution in [3.63, 3.8) is 0 Å². The molecular weight excluding hydrogens is 581 g/mol. The summed E-state index contributed by atoms with van der Waals surface area (Å²) in [6.07, 6.45) is 4.95. The highest BCUT2D eigenvalue weighted by Crippen LogP contribution is 2.37. The van der Waals surface area contributed by atoms with Gasteiger partial charge in [0.2, 0.25) is 5.91 Å². The van der Waals surface area contributed by atoms with Gasteiger partial charge in [0, 0.05) is 80.6 Å². The van der Waals surface area contributed by atoms with E-state index in [4.69, 9.17) is 5.73 Å². The molecule has 2 fully saturated rings. The Morgan fingerprint density at radius 1 is 1.16 bits per heavy atom. The van der Waals surface area contributed by atoms with Crippen LogP contribution in [-0.4, -0.2) is 110 Å². The molecule has 0 aliphatic carbocycles. The molecule has 2 atom stereocenters. The van der Waals surface area contributed by atoms with Gasteiger partial charge >= 0.3 is 6.18 Å². The predicted octanol–water partition coefficient (Wildman–Crippen LogP) is 3.22. The van der Waals surface area contributed by atoms with Gasteiger partial charge < -0.3 is 31.1 Å². The summed E-state index contributed by atoms with van der Waals surface area (Å²) in [6, 6.07) is 6.50. The third-order valence-electron chi connectivity index (χ3n) is 9.49. The second-order valence-electron chi connectivity index (χ2n) is 13.8. The van der Waals surface area contributed by atoms with Gasteiger partial charge in [-0.3, -0.25) is 14.7 Å². The van der Waals surface area contributed by atoms with E-state index in [9.17, 15) is 18.0 Å². The number of likely N-dealkylation sites (tertiary alicyclic amines) is 2. The molecule has 45 heavy (non-hydrogen) atoms. The van der Waals surface area contributed by atoms with Crippen LogP contribution in [0.15, 0.2) is 46.9 Å². The third-order valence-corrected chi connectivity index (χ3v) is 9.49. The lowest BCUT2D eigenvalue weighted by atomic mass is 9.92. The Kier molecular flexibility index (Phi) is 10.3. The molecule has 0 bridgehead atoms. The molecule has 4 heterocycles. The van der Waals surface area contributed by atoms with Crippen LogP contribution >= 0.6 is 0 Å². The number of hydrogen-bond acceptors (Lipinski definition) is 8. The number of nitrogens with zero attached hydrogens (tertiary/aromatic N) is 5. The molecule has 12 heteroatoms. The summed E-state index contributed by atoms with van der Waals surface area (Å²) in [5, 5.41) is 6.78. The molecule has 0 saturated carbocycles. The number of nitrogens with two attached hydrogens (primary N) is 1. The van der Waals surface area contributed by atoms with Crippen LogP contribution in [0.4, 0.5) is 18.9 Å². The minimum absolute atomic E-state index is 0.0356. The number of allylic oxidation sites excluding steroid dienone is 2. The quantitative estimate of drug-likeness (QED) is 0.366. The van der Waals surface area contributed by atoms with Crippen molar-refractivity contribution in [3.8, 4) is 0 Å². The number of piperidine rings is 1. The van der Waals surface area contributed by atoms with Crippen LogP contribution in [0.1, 0.15) is 50.7 Å². The zero-order valence-electron chi connectivity index (χ0n) is 27.0. The summed E-state index contributed by atoms with van der Waals surface area (Å²) < 4.78 is 40.7. The molecule has 5 rings (SSSR count). The Morgan fingerprint density at radius 2 is 1.91 bits per heavy atom. The summed E-state index contributed by atoms with van der Waals surface area (Å²) in [7, 11) is 4.19. The molecule has 4 aliphatic heterocycles. The lowest BCUT2D eigenvalue weighted by Crippen LogP contribution is -2.47. The molecule has 1 aromatic rings. The van der Waals surface area contributed by atoms with E-state index in [2.05, 4.69) is 39.5 Å². The molecule has 0 radical (unpaired) electrons. The topological polar surface area (TPSA) is 92.5 Å². The first kappa shape index (κ1) is 33.4. The van der Waals surface area contributed by atoms with E-state index in [1.54, 1.807) is 18.5 Å². The Morgan fingerprint density at radius 3 is 2.53 bits per heavy atom. The van der Waals surface area contributed by atoms with Crippen LogP contribution in [0.5, 0.6) is 0 Å². The number of fused-ring (bicyclic) bond motifs is 1. The van der Waals surface area contributed by atoms with E-state index in [1.807, 2.05) is 37.0 Å². The van der Waals surface area contributed by atoms with Crippen molar-refractivity contribution in [2.45, 2.75) is 82.3 Å². The van der Waals surface area contributed by atoms with Crippen molar-refractivity contribution in [3.05, 3.63) is 53.0 Å². The average Bonchev–Trinajstić information content (AvgIpc) is 3.58. The smallest absolute Gasteiger partial charge is 0.359 e. The Balaban J connectivity index is 1.13. The van der Waals surface area contributed by atoms with E-state index in [0.29, 0.717) is 49.4 Å². The van der Waals surface area contributed by atoms with Crippen molar-refractivity contribution in [1.29, 1.82) is 0 Å². The van der Waals surface area contributed by atoms with Crippen LogP contribution in [0.25, 0.3) is 0 Å². The highest BCUT2D eigenvalue weighted by molar-refractivity contribution is 5.79. The SMILES string of the molecule is CN(C)C1CCN(CC(=O)N2CCC(NCc3ccc4c(c3)C/C(=C\NC3=CCC(C(C)(C)N)N=C3)N4CC(F)(F)F)CC2)C1. The summed E-state index contributed by atoms with van der Waals surface area (Å²) in [4.78, 5) is 25.3. The number of benzene rings is 1. The number of carbonyl (C=O) groups is 1. The number of likely N-dealkylation sites (N-methyl/N-ethyl adjacent to an activating group) is 1. The fourth-order valence-electron chi connectivity index (χ4n) is 6.64. The number of amides is 1. The molecule has 4 aliphatic rings. The summed E-state index contributed by atoms with van der Waals surface area (Å²) >= 11 is 0. The molecular formula is C33H49F3N8O. The minimum Gasteiger partial charge on any atom is -0.359 e. The van der Waals surface area contributed by atoms with Crippen LogP contribution < -0.4 is 21.3 Å². The maximum absolute atomic E-state index is 13.6. The zero-order chi connectivity index (χ0) is 32.4. The Bertz CT molecular complexity index is 1290. The largest absolute Gasteiger partial charge is 0.406 e. The Hall–Kier alpha value is -2.93. The molecule has 9 nitrogen and oxygen atoms in total. The number of rotatable bonds is 10. The first-order valence-corrected chi connectivity index (χ1v) is 16.1. The minimum atomic E-state index is -4.34. The molecule has 248 valence electrons. The number of dihydropyridines is 1. The van der Waals surface area contributed by atoms with Crippen molar-refractivity contribution < 1.29 is 18.0 Å². The lowest BCUT2D eigenvalue weighted by molar-refractivity contribution is -0.133. The number of carbonyl (C=O) groups excluding carboxylic acids is 1. The normalized spacial score (nSPS) is 24.1. The van der Waals surface area contributed by atoms with E-state index < -0.39 is 18.3 Å². The van der Waals surface area contributed by atoms with Crippen LogP contribution in [-0.2, 0) is 17.8 Å². The maximum atomic E-state index is 13.6. The van der Waals surface area contributed by atoms with Gasteiger partial charge in [-0.15, -0.1) is 0 Å². The van der Waals surface area contributed by atoms with Crippen molar-refractivity contribution >= 4 is 17.8 Å². The number of anilines is 1. The van der Waals surface area contributed by atoms with Crippen LogP contribution in [0, 0.1) is 0 Å². The zero-order valence-corrected chi connectivity index (χ0v) is 27.0. The lowest BCUT2D eigenvalue weighted by Gasteiger charge is -2.33. The molecule has 1 amide bonds. The summed E-state index contributed by atoms with van der Waals surface area (Å²) in [6.45, 7) is 7.33. The first-order valence-electron chi connectivity index (χ1n) is 16.1. The van der Waals surface area contributed by atoms with Gasteiger partial charge in [-0.2, -0.15) is 13.2 Å². The van der Waals surface area contributed by atoms with Crippen molar-refractivity contribution in [2.24, 2.45) is 10.7 Å². The molecule has 1 aromatic carbocycles. The van der Waals surface area contributed by atoms with Gasteiger partial charge in [-0.05, 0) is 70.8 Å². The van der Waals surface area contributed by atoms with E-state index in [1.165, 1.54) is 4.90 Å². The molecule has 2 unspecified atom stereocenters. The fraction of sp³-hybridized carbons (Fsp3) is 0.636. The average molecular weight is 631 g/mol. The number of hydrogen-bond donors (Lipinski definition) is 3. The highest BCUT2D eigenvalue weighted by Gasteiger charge is 2.36. The number of halogens is 3. The predicted molar refractivity (Wildman–Crippen MR) is 173 cm³/mol. The Labute approximate surface area is 265 Å². The standard InChI is InChI=1S/C33H49F3N8O/c1-32(2,37)30-8-6-26(18-40-30)39-19-28-16-24-15-23(5-7-29(24)44(28)22-33(34,35)36)17-38-25-9-13-43(14-10-25)31(45)21-42-12-11-27(20-42)41(3)4/h5-7,15,18-19,25,27,30,38-39H,8-14,16-17,20-22,37H2,1-4H3/b28-19+. The summed E-state index contributed by atoms with van der Waals surface area (Å²) in [5.74, 6) is 0.212. The van der Waals surface area contributed by atoms with E-state index in [-0.39, 0.29) is 11.9 Å². The first-order chi connectivity index (χ1) is 21.2. The van der Waals surface area contributed by atoms with Crippen LogP contribution in [0.2, 0.25) is 0 Å². The number of nitrogens with one attached hydrogen (secondary N) is 2. The van der Waals surface area contributed by atoms with Gasteiger partial charge in [-0.1, -0.05) is 18.2 Å². The van der Waals surface area contributed by atoms with E-state index >= 15 is 0 Å². The van der Waals surface area contributed by atoms with Gasteiger partial charge in [0.25, 0.3) is 0 Å². The van der Waals surface area contributed by atoms with Gasteiger partial charge in [0.1, 0.15) is 6.54 Å². The summed E-state index contributed by atoms with van der Waals surface area (Å²) in [5.41, 5.74) is 9.54. The van der Waals surface area contributed by atoms with E-state index in [0.717, 1.165) is 62.3 Å². The van der Waals surface area contributed by atoms with Gasteiger partial charge in [0.05, 0.1) is 18.3 Å². The highest BCUT2D eigenvalue weighted by atomic mass is 19.4. The second-order valence-corrected chi connectivity index (χ2v) is 13.8. The number of aliphatic imine (C=N–C) groups is 1. The molecule has 2 saturated heterocycles. The van der Waals surface area contributed by atoms with Gasteiger partial charge in [0.15, 0.2) is 0 Å². The fourth-order valence-corrected chi connectivity index (χ4v) is 6.64. The van der Waals surface area contributed by atoms with Gasteiger partial charge in [-0.25, -0.2) is 0 Å². The molecule has 0 spiro atoms. The molecule has 4 N–H and O–H groups in total.